The van der Waals surface area contributed by atoms with E-state index in [1.54, 1.807) is 18.5 Å². The minimum Gasteiger partial charge on any atom is -0.754 e. The van der Waals surface area contributed by atoms with Crippen molar-refractivity contribution in [3.8, 4) is 5.75 Å². The van der Waals surface area contributed by atoms with Gasteiger partial charge < -0.3 is 24.7 Å². The fraction of sp³-hybridized carbons (Fsp3) is 0.174. The number of aliphatic hydroxyl groups excluding tert-OH is 1. The lowest BCUT2D eigenvalue weighted by atomic mass is 10.1. The number of hydrogen-bond acceptors (Lipinski definition) is 5. The number of rotatable bonds is 6. The van der Waals surface area contributed by atoms with Gasteiger partial charge in [0.2, 0.25) is 0 Å². The van der Waals surface area contributed by atoms with Crippen LogP contribution in [0.5, 0.6) is 5.75 Å². The van der Waals surface area contributed by atoms with E-state index in [1.807, 2.05) is 30.5 Å². The van der Waals surface area contributed by atoms with Crippen LogP contribution in [0.25, 0.3) is 28.0 Å². The van der Waals surface area contributed by atoms with E-state index < -0.39 is 0 Å². The number of anilines is 1. The maximum Gasteiger partial charge on any atom is 0.122 e. The molecule has 1 N–H and O–H groups in total. The summed E-state index contributed by atoms with van der Waals surface area (Å²) in [6.45, 7) is 0.455. The van der Waals surface area contributed by atoms with Crippen molar-refractivity contribution in [3.05, 3.63) is 75.8 Å². The smallest absolute Gasteiger partial charge is 0.122 e. The molecule has 0 atom stereocenters. The van der Waals surface area contributed by atoms with Crippen molar-refractivity contribution in [3.63, 3.8) is 0 Å². The fourth-order valence-electron chi connectivity index (χ4n) is 3.92. The minimum absolute atomic E-state index is 0.0636. The van der Waals surface area contributed by atoms with Gasteiger partial charge in [-0.3, -0.25) is 4.98 Å². The van der Waals surface area contributed by atoms with Gasteiger partial charge in [-0.05, 0) is 29.8 Å². The van der Waals surface area contributed by atoms with Crippen LogP contribution in [0.3, 0.4) is 0 Å². The van der Waals surface area contributed by atoms with Crippen LogP contribution in [0.15, 0.2) is 65.0 Å². The molecule has 0 unspecified atom stereocenters. The molecule has 1 aliphatic rings. The number of nitrogens with zero attached hydrogens (tertiary/aromatic N) is 3. The number of halogens is 1. The second-order valence-corrected chi connectivity index (χ2v) is 8.16. The van der Waals surface area contributed by atoms with Crippen LogP contribution >= 0.6 is 15.9 Å². The van der Waals surface area contributed by atoms with E-state index in [0.29, 0.717) is 36.6 Å². The van der Waals surface area contributed by atoms with E-state index in [-0.39, 0.29) is 6.61 Å². The van der Waals surface area contributed by atoms with Crippen LogP contribution in [0.1, 0.15) is 12.0 Å². The highest BCUT2D eigenvalue weighted by Crippen LogP contribution is 2.43. The van der Waals surface area contributed by atoms with Gasteiger partial charge in [0.15, 0.2) is 0 Å². The molecule has 0 spiro atoms. The Morgan fingerprint density at radius 2 is 2.03 bits per heavy atom. The van der Waals surface area contributed by atoms with Crippen molar-refractivity contribution in [1.82, 2.24) is 9.55 Å². The largest absolute Gasteiger partial charge is 0.754 e. The average Bonchev–Trinajstić information content (AvgIpc) is 3.05. The van der Waals surface area contributed by atoms with Crippen molar-refractivity contribution in [2.24, 2.45) is 0 Å². The zero-order valence-electron chi connectivity index (χ0n) is 16.1. The van der Waals surface area contributed by atoms with Gasteiger partial charge in [-0.15, -0.1) is 0 Å². The third kappa shape index (κ3) is 3.25. The van der Waals surface area contributed by atoms with Crippen LogP contribution in [0.2, 0.25) is 0 Å². The Kier molecular flexibility index (Phi) is 4.94. The van der Waals surface area contributed by atoms with Crippen molar-refractivity contribution in [2.75, 3.05) is 18.3 Å². The lowest BCUT2D eigenvalue weighted by Gasteiger charge is -2.37. The molecule has 3 heterocycles. The molecule has 30 heavy (non-hydrogen) atoms. The lowest BCUT2D eigenvalue weighted by molar-refractivity contribution is 0.234. The van der Waals surface area contributed by atoms with E-state index in [0.717, 1.165) is 36.9 Å². The predicted molar refractivity (Wildman–Crippen MR) is 122 cm³/mol. The molecule has 152 valence electrons. The average molecular weight is 465 g/mol. The number of fused-ring (bicyclic) bond motifs is 3. The number of hydroxylamine groups is 1. The summed E-state index contributed by atoms with van der Waals surface area (Å²) in [5, 5.41) is 25.4. The minimum atomic E-state index is 0.0636. The first-order chi connectivity index (χ1) is 14.7. The number of ether oxygens (including phenoxy) is 1. The molecule has 5 rings (SSSR count). The van der Waals surface area contributed by atoms with E-state index in [1.165, 1.54) is 0 Å². The van der Waals surface area contributed by atoms with E-state index in [4.69, 9.17) is 9.84 Å². The normalized spacial score (nSPS) is 13.2. The van der Waals surface area contributed by atoms with Crippen LogP contribution < -0.4 is 9.80 Å². The molecule has 0 saturated carbocycles. The molecule has 7 heteroatoms. The second kappa shape index (κ2) is 7.75. The van der Waals surface area contributed by atoms with Gasteiger partial charge >= 0.3 is 0 Å². The molecule has 0 radical (unpaired) electrons. The van der Waals surface area contributed by atoms with Gasteiger partial charge in [0.1, 0.15) is 5.75 Å². The van der Waals surface area contributed by atoms with Gasteiger partial charge in [0.25, 0.3) is 0 Å². The summed E-state index contributed by atoms with van der Waals surface area (Å²) in [5.74, 6) is 0.622. The summed E-state index contributed by atoms with van der Waals surface area (Å²) in [5.41, 5.74) is 4.03. The van der Waals surface area contributed by atoms with Gasteiger partial charge in [-0.1, -0.05) is 28.1 Å². The van der Waals surface area contributed by atoms with Crippen molar-refractivity contribution >= 4 is 49.6 Å². The van der Waals surface area contributed by atoms with Crippen LogP contribution in [0, 0.1) is 5.21 Å². The Bertz CT molecular complexity index is 1270. The number of pyridine rings is 1. The summed E-state index contributed by atoms with van der Waals surface area (Å²) in [6.07, 6.45) is 6.42. The summed E-state index contributed by atoms with van der Waals surface area (Å²) in [7, 11) is 0. The topological polar surface area (TPSA) is 73.6 Å². The Hall–Kier alpha value is -2.87. The molecular weight excluding hydrogens is 446 g/mol. The maximum absolute atomic E-state index is 13.3. The zero-order chi connectivity index (χ0) is 20.7. The van der Waals surface area contributed by atoms with Crippen molar-refractivity contribution in [1.29, 1.82) is 0 Å². The summed E-state index contributed by atoms with van der Waals surface area (Å²) in [6, 6.07) is 13.7. The van der Waals surface area contributed by atoms with E-state index in [9.17, 15) is 5.21 Å². The van der Waals surface area contributed by atoms with Gasteiger partial charge in [-0.2, -0.15) is 0 Å². The van der Waals surface area contributed by atoms with E-state index >= 15 is 0 Å². The molecule has 1 aliphatic heterocycles. The zero-order valence-corrected chi connectivity index (χ0v) is 17.7. The fourth-order valence-corrected chi connectivity index (χ4v) is 4.27. The monoisotopic (exact) mass is 464 g/mol. The lowest BCUT2D eigenvalue weighted by Crippen LogP contribution is -2.21. The van der Waals surface area contributed by atoms with Crippen molar-refractivity contribution < 1.29 is 9.84 Å². The molecule has 0 bridgehead atoms. The number of hydrogen-bond donors (Lipinski definition) is 1. The summed E-state index contributed by atoms with van der Waals surface area (Å²) < 4.78 is 8.89. The first-order valence-electron chi connectivity index (χ1n) is 9.73. The molecule has 4 aromatic rings. The molecule has 0 amide bonds. The van der Waals surface area contributed by atoms with Gasteiger partial charge in [0.05, 0.1) is 23.3 Å². The molecular formula is C23H19BrN3O3-. The standard InChI is InChI=1S/C23H19BrN3O3/c24-16-4-5-19-20-11-18(30-8-2-7-28)12-22-23(20)26(21(19)10-16)14-17(27(22)29)9-15-3-1-6-25-13-15/h1,3-6,10-14,28H,2,7-9H2/q-1. The number of aromatic nitrogens is 2. The Balaban J connectivity index is 1.70. The Morgan fingerprint density at radius 3 is 2.83 bits per heavy atom. The molecule has 0 aliphatic carbocycles. The number of allylic oxidation sites excluding steroid dienone is 1. The highest BCUT2D eigenvalue weighted by atomic mass is 79.9. The van der Waals surface area contributed by atoms with Crippen LogP contribution in [-0.4, -0.2) is 27.9 Å². The summed E-state index contributed by atoms with van der Waals surface area (Å²) in [4.78, 5) is 4.16. The number of aliphatic hydroxyl groups is 1. The predicted octanol–water partition coefficient (Wildman–Crippen LogP) is 5.07. The second-order valence-electron chi connectivity index (χ2n) is 7.25. The Labute approximate surface area is 181 Å². The molecule has 0 fully saturated rings. The molecule has 2 aromatic carbocycles. The van der Waals surface area contributed by atoms with Gasteiger partial charge in [0, 0.05) is 65.1 Å². The molecule has 2 aromatic heterocycles. The van der Waals surface area contributed by atoms with Crippen LogP contribution in [0.4, 0.5) is 5.69 Å². The van der Waals surface area contributed by atoms with E-state index in [2.05, 4.69) is 37.6 Å². The highest BCUT2D eigenvalue weighted by Gasteiger charge is 2.22. The van der Waals surface area contributed by atoms with Crippen molar-refractivity contribution in [2.45, 2.75) is 12.8 Å². The first kappa shape index (κ1) is 19.1. The quantitative estimate of drug-likeness (QED) is 0.403. The van der Waals surface area contributed by atoms with Gasteiger partial charge in [-0.25, -0.2) is 0 Å². The summed E-state index contributed by atoms with van der Waals surface area (Å²) >= 11 is 3.56. The third-order valence-corrected chi connectivity index (χ3v) is 5.74. The maximum atomic E-state index is 13.3. The highest BCUT2D eigenvalue weighted by molar-refractivity contribution is 9.10. The molecule has 6 nitrogen and oxygen atoms in total. The Morgan fingerprint density at radius 1 is 1.13 bits per heavy atom. The number of benzene rings is 2. The SMILES string of the molecule is [O-]N1C(Cc2cccnc2)=Cn2c3cc(Br)ccc3c3cc(OCCCO)cc1c32. The van der Waals surface area contributed by atoms with Crippen LogP contribution in [-0.2, 0) is 6.42 Å². The first-order valence-corrected chi connectivity index (χ1v) is 10.5. The third-order valence-electron chi connectivity index (χ3n) is 5.25. The molecule has 0 saturated heterocycles.